The molecule has 4 atom stereocenters. The number of nitrogens with zero attached hydrogens (tertiary/aromatic N) is 4. The summed E-state index contributed by atoms with van der Waals surface area (Å²) in [7, 11) is 1.47. The third kappa shape index (κ3) is 1.97. The molecule has 0 radical (unpaired) electrons. The maximum Gasteiger partial charge on any atom is 0.245 e. The first kappa shape index (κ1) is 14.1. The van der Waals surface area contributed by atoms with Crippen molar-refractivity contribution in [3.63, 3.8) is 0 Å². The van der Waals surface area contributed by atoms with Gasteiger partial charge in [0.25, 0.3) is 0 Å². The highest BCUT2D eigenvalue weighted by Gasteiger charge is 2.53. The molecule has 9 nitrogen and oxygen atoms in total. The van der Waals surface area contributed by atoms with Crippen LogP contribution in [0.5, 0.6) is 5.88 Å². The molecule has 0 aliphatic carbocycles. The molecule has 2 aromatic rings. The van der Waals surface area contributed by atoms with Crippen molar-refractivity contribution in [3.05, 3.63) is 12.7 Å². The summed E-state index contributed by atoms with van der Waals surface area (Å²) >= 11 is 0. The minimum absolute atomic E-state index is 0.302. The maximum absolute atomic E-state index is 10.5. The number of ether oxygens (including phenoxy) is 2. The van der Waals surface area contributed by atoms with E-state index >= 15 is 0 Å². The quantitative estimate of drug-likeness (QED) is 0.648. The predicted molar refractivity (Wildman–Crippen MR) is 69.5 cm³/mol. The van der Waals surface area contributed by atoms with Crippen LogP contribution in [-0.4, -0.2) is 66.4 Å². The number of hydrogen-bond acceptors (Lipinski definition) is 8. The number of fused-ring (bicyclic) bond motifs is 1. The number of aromatic nitrogens is 4. The maximum atomic E-state index is 10.5. The molecule has 0 aromatic carbocycles. The highest BCUT2D eigenvalue weighted by molar-refractivity contribution is 5.76. The second-order valence-corrected chi connectivity index (χ2v) is 5.09. The fraction of sp³-hybridized carbons (Fsp3) is 0.583. The fourth-order valence-corrected chi connectivity index (χ4v) is 2.54. The first-order chi connectivity index (χ1) is 10.0. The lowest BCUT2D eigenvalue weighted by Crippen LogP contribution is -2.44. The first-order valence-electron chi connectivity index (χ1n) is 6.39. The van der Waals surface area contributed by atoms with Gasteiger partial charge in [0, 0.05) is 0 Å². The summed E-state index contributed by atoms with van der Waals surface area (Å²) in [6.45, 7) is 1.03. The van der Waals surface area contributed by atoms with E-state index in [0.29, 0.717) is 17.0 Å². The van der Waals surface area contributed by atoms with Gasteiger partial charge >= 0.3 is 0 Å². The number of imidazole rings is 1. The molecule has 3 N–H and O–H groups in total. The largest absolute Gasteiger partial charge is 0.479 e. The van der Waals surface area contributed by atoms with Crippen molar-refractivity contribution in [1.82, 2.24) is 19.5 Å². The highest BCUT2D eigenvalue weighted by atomic mass is 16.6. The summed E-state index contributed by atoms with van der Waals surface area (Å²) in [5, 5.41) is 29.7. The van der Waals surface area contributed by atoms with Crippen LogP contribution in [0.25, 0.3) is 11.2 Å². The molecule has 21 heavy (non-hydrogen) atoms. The molecule has 1 fully saturated rings. The van der Waals surface area contributed by atoms with Crippen LogP contribution in [0.2, 0.25) is 0 Å². The topological polar surface area (TPSA) is 123 Å². The van der Waals surface area contributed by atoms with Gasteiger partial charge in [0.15, 0.2) is 17.4 Å². The van der Waals surface area contributed by atoms with Crippen LogP contribution in [-0.2, 0) is 4.74 Å². The van der Waals surface area contributed by atoms with Crippen molar-refractivity contribution in [2.75, 3.05) is 13.7 Å². The van der Waals surface area contributed by atoms with Gasteiger partial charge in [-0.3, -0.25) is 4.57 Å². The van der Waals surface area contributed by atoms with Gasteiger partial charge in [-0.25, -0.2) is 9.97 Å². The minimum atomic E-state index is -1.60. The molecule has 1 saturated heterocycles. The van der Waals surface area contributed by atoms with Crippen molar-refractivity contribution in [2.45, 2.75) is 31.0 Å². The van der Waals surface area contributed by atoms with E-state index in [4.69, 9.17) is 9.47 Å². The third-order valence-electron chi connectivity index (χ3n) is 3.71. The van der Waals surface area contributed by atoms with Crippen molar-refractivity contribution in [2.24, 2.45) is 0 Å². The Hall–Kier alpha value is -1.81. The Kier molecular flexibility index (Phi) is 3.29. The van der Waals surface area contributed by atoms with Gasteiger partial charge in [0.1, 0.15) is 24.1 Å². The first-order valence-corrected chi connectivity index (χ1v) is 6.39. The van der Waals surface area contributed by atoms with Crippen molar-refractivity contribution >= 4 is 11.2 Å². The van der Waals surface area contributed by atoms with Crippen LogP contribution in [0.3, 0.4) is 0 Å². The normalized spacial score (nSPS) is 32.7. The van der Waals surface area contributed by atoms with E-state index in [1.807, 2.05) is 0 Å². The standard InChI is InChI=1S/C12H16N4O5/c1-12(19)8(18)6(3-17)21-11(12)16-5-15-7-9(16)13-4-14-10(7)20-2/h4-6,8,11,17-19H,3H2,1-2H3/t6-,8-,11-,12-/m1/s1. The Morgan fingerprint density at radius 3 is 2.81 bits per heavy atom. The van der Waals surface area contributed by atoms with Gasteiger partial charge in [-0.2, -0.15) is 4.98 Å². The van der Waals surface area contributed by atoms with Crippen LogP contribution < -0.4 is 4.74 Å². The molecule has 114 valence electrons. The lowest BCUT2D eigenvalue weighted by Gasteiger charge is -2.27. The summed E-state index contributed by atoms with van der Waals surface area (Å²) in [6.07, 6.45) is -0.315. The lowest BCUT2D eigenvalue weighted by atomic mass is 9.96. The minimum Gasteiger partial charge on any atom is -0.479 e. The number of aliphatic hydroxyl groups excluding tert-OH is 2. The fourth-order valence-electron chi connectivity index (χ4n) is 2.54. The van der Waals surface area contributed by atoms with Crippen LogP contribution in [0, 0.1) is 0 Å². The van der Waals surface area contributed by atoms with Gasteiger partial charge in [0.2, 0.25) is 5.88 Å². The van der Waals surface area contributed by atoms with Crippen molar-refractivity contribution in [1.29, 1.82) is 0 Å². The average molecular weight is 296 g/mol. The van der Waals surface area contributed by atoms with Crippen molar-refractivity contribution < 1.29 is 24.8 Å². The zero-order valence-electron chi connectivity index (χ0n) is 11.5. The Bertz CT molecular complexity index is 658. The Morgan fingerprint density at radius 1 is 1.43 bits per heavy atom. The van der Waals surface area contributed by atoms with E-state index in [2.05, 4.69) is 15.0 Å². The summed E-state index contributed by atoms with van der Waals surface area (Å²) in [6, 6.07) is 0. The van der Waals surface area contributed by atoms with E-state index in [1.165, 1.54) is 31.3 Å². The number of rotatable bonds is 3. The van der Waals surface area contributed by atoms with E-state index in [1.54, 1.807) is 0 Å². The Balaban J connectivity index is 2.09. The van der Waals surface area contributed by atoms with Crippen LogP contribution in [0.15, 0.2) is 12.7 Å². The summed E-state index contributed by atoms with van der Waals surface area (Å²) in [4.78, 5) is 12.2. The van der Waals surface area contributed by atoms with Gasteiger partial charge in [-0.15, -0.1) is 0 Å². The van der Waals surface area contributed by atoms with Crippen molar-refractivity contribution in [3.8, 4) is 5.88 Å². The number of hydrogen-bond donors (Lipinski definition) is 3. The molecule has 9 heteroatoms. The molecule has 0 bridgehead atoms. The average Bonchev–Trinajstić information content (AvgIpc) is 2.99. The molecule has 0 unspecified atom stereocenters. The monoisotopic (exact) mass is 296 g/mol. The van der Waals surface area contributed by atoms with Gasteiger partial charge in [-0.1, -0.05) is 0 Å². The zero-order chi connectivity index (χ0) is 15.2. The SMILES string of the molecule is COc1ncnc2c1ncn2[C@@H]1O[C@H](CO)[C@@H](O)[C@@]1(C)O. The predicted octanol–water partition coefficient (Wildman–Crippen LogP) is -1.16. The van der Waals surface area contributed by atoms with Gasteiger partial charge < -0.3 is 24.8 Å². The number of aliphatic hydroxyl groups is 3. The molecule has 3 rings (SSSR count). The molecule has 3 heterocycles. The number of methoxy groups -OCH3 is 1. The second kappa shape index (κ2) is 4.88. The zero-order valence-corrected chi connectivity index (χ0v) is 11.5. The Labute approximate surface area is 119 Å². The third-order valence-corrected chi connectivity index (χ3v) is 3.71. The molecule has 0 spiro atoms. The summed E-state index contributed by atoms with van der Waals surface area (Å²) < 4.78 is 12.1. The molecule has 0 saturated carbocycles. The molecular weight excluding hydrogens is 280 g/mol. The van der Waals surface area contributed by atoms with Crippen LogP contribution in [0.1, 0.15) is 13.2 Å². The van der Waals surface area contributed by atoms with E-state index in [-0.39, 0.29) is 0 Å². The van der Waals surface area contributed by atoms with Crippen LogP contribution in [0.4, 0.5) is 0 Å². The Morgan fingerprint density at radius 2 is 2.19 bits per heavy atom. The summed E-state index contributed by atoms with van der Waals surface area (Å²) in [5.41, 5.74) is -0.779. The highest BCUT2D eigenvalue weighted by Crippen LogP contribution is 2.39. The summed E-state index contributed by atoms with van der Waals surface area (Å²) in [5.74, 6) is 0.302. The van der Waals surface area contributed by atoms with Gasteiger partial charge in [0.05, 0.1) is 20.0 Å². The van der Waals surface area contributed by atoms with E-state index in [9.17, 15) is 15.3 Å². The lowest BCUT2D eigenvalue weighted by molar-refractivity contribution is -0.0950. The molecule has 1 aliphatic heterocycles. The van der Waals surface area contributed by atoms with Crippen LogP contribution >= 0.6 is 0 Å². The van der Waals surface area contributed by atoms with Gasteiger partial charge in [-0.05, 0) is 6.92 Å². The molecule has 2 aromatic heterocycles. The second-order valence-electron chi connectivity index (χ2n) is 5.09. The van der Waals surface area contributed by atoms with E-state index < -0.39 is 30.6 Å². The smallest absolute Gasteiger partial charge is 0.245 e. The molecule has 0 amide bonds. The molecule has 1 aliphatic rings. The van der Waals surface area contributed by atoms with E-state index in [0.717, 1.165) is 0 Å². The molecular formula is C12H16N4O5.